The molecule has 0 aliphatic heterocycles. The van der Waals surface area contributed by atoms with E-state index < -0.39 is 0 Å². The second-order valence-corrected chi connectivity index (χ2v) is 8.31. The fourth-order valence-electron chi connectivity index (χ4n) is 4.30. The summed E-state index contributed by atoms with van der Waals surface area (Å²) in [6.07, 6.45) is 7.44. The van der Waals surface area contributed by atoms with Crippen molar-refractivity contribution in [2.75, 3.05) is 0 Å². The van der Waals surface area contributed by atoms with E-state index in [0.717, 1.165) is 29.4 Å². The van der Waals surface area contributed by atoms with Crippen LogP contribution in [-0.2, 0) is 13.1 Å². The number of aryl methyl sites for hydroxylation is 1. The molecule has 0 bridgehead atoms. The van der Waals surface area contributed by atoms with Gasteiger partial charge < -0.3 is 4.57 Å². The first-order chi connectivity index (χ1) is 15.8. The second-order valence-electron chi connectivity index (χ2n) is 8.31. The number of benzene rings is 2. The van der Waals surface area contributed by atoms with E-state index in [1.165, 1.54) is 19.3 Å². The number of hydrogen-bond acceptors (Lipinski definition) is 4. The number of para-hydroxylation sites is 2. The molecule has 32 heavy (non-hydrogen) atoms. The maximum absolute atomic E-state index is 13.5. The van der Waals surface area contributed by atoms with Crippen LogP contribution in [0.15, 0.2) is 65.7 Å². The lowest BCUT2D eigenvalue weighted by atomic mass is 10.1. The SMILES string of the molecule is CCCCCCCn1cnc2c(c1=O)c1nc3ccccc3nc1n2Cc1ccccc1. The average molecular weight is 426 g/mol. The van der Waals surface area contributed by atoms with Gasteiger partial charge in [-0.25, -0.2) is 15.0 Å². The topological polar surface area (TPSA) is 65.6 Å². The number of fused-ring (bicyclic) bond motifs is 4. The summed E-state index contributed by atoms with van der Waals surface area (Å²) in [6.45, 7) is 3.47. The van der Waals surface area contributed by atoms with Crippen molar-refractivity contribution in [2.45, 2.75) is 52.1 Å². The third-order valence-electron chi connectivity index (χ3n) is 6.00. The molecular weight excluding hydrogens is 398 g/mol. The highest BCUT2D eigenvalue weighted by Gasteiger charge is 2.19. The number of aromatic nitrogens is 5. The third kappa shape index (κ3) is 3.77. The van der Waals surface area contributed by atoms with Crippen LogP contribution in [0.3, 0.4) is 0 Å². The molecule has 6 heteroatoms. The third-order valence-corrected chi connectivity index (χ3v) is 6.00. The zero-order valence-corrected chi connectivity index (χ0v) is 18.4. The first-order valence-corrected chi connectivity index (χ1v) is 11.4. The minimum Gasteiger partial charge on any atom is -0.304 e. The zero-order chi connectivity index (χ0) is 21.9. The minimum absolute atomic E-state index is 0.0353. The summed E-state index contributed by atoms with van der Waals surface area (Å²) in [5, 5.41) is 0.560. The molecule has 6 nitrogen and oxygen atoms in total. The van der Waals surface area contributed by atoms with Crippen LogP contribution in [0.2, 0.25) is 0 Å². The van der Waals surface area contributed by atoms with Crippen LogP contribution < -0.4 is 5.56 Å². The van der Waals surface area contributed by atoms with Gasteiger partial charge in [0, 0.05) is 6.54 Å². The fourth-order valence-corrected chi connectivity index (χ4v) is 4.30. The first kappa shape index (κ1) is 20.4. The van der Waals surface area contributed by atoms with Gasteiger partial charge in [0.25, 0.3) is 5.56 Å². The van der Waals surface area contributed by atoms with Gasteiger partial charge in [0.05, 0.1) is 23.9 Å². The summed E-state index contributed by atoms with van der Waals surface area (Å²) < 4.78 is 3.75. The molecule has 0 N–H and O–H groups in total. The van der Waals surface area contributed by atoms with E-state index >= 15 is 0 Å². The van der Waals surface area contributed by atoms with Crippen molar-refractivity contribution in [1.29, 1.82) is 0 Å². The van der Waals surface area contributed by atoms with Crippen molar-refractivity contribution < 1.29 is 0 Å². The van der Waals surface area contributed by atoms with Crippen molar-refractivity contribution in [3.05, 3.63) is 76.8 Å². The quantitative estimate of drug-likeness (QED) is 0.316. The standard InChI is InChI=1S/C26H27N5O/c1-2-3-4-5-11-16-30-18-27-24-22(26(30)32)23-25(29-21-15-10-9-14-20(21)28-23)31(24)17-19-12-7-6-8-13-19/h6-10,12-15,18H,2-5,11,16-17H2,1H3. The Morgan fingerprint density at radius 3 is 2.31 bits per heavy atom. The summed E-state index contributed by atoms with van der Waals surface area (Å²) in [5.41, 5.74) is 4.67. The molecule has 2 aromatic carbocycles. The highest BCUT2D eigenvalue weighted by atomic mass is 16.1. The van der Waals surface area contributed by atoms with Gasteiger partial charge in [-0.1, -0.05) is 75.1 Å². The maximum Gasteiger partial charge on any atom is 0.265 e. The summed E-state index contributed by atoms with van der Waals surface area (Å²) in [5.74, 6) is 0. The molecule has 0 saturated carbocycles. The van der Waals surface area contributed by atoms with Crippen LogP contribution in [0, 0.1) is 0 Å². The van der Waals surface area contributed by atoms with Crippen molar-refractivity contribution in [1.82, 2.24) is 24.1 Å². The molecule has 0 atom stereocenters. The number of unbranched alkanes of at least 4 members (excludes halogenated alkanes) is 4. The van der Waals surface area contributed by atoms with Crippen LogP contribution in [0.5, 0.6) is 0 Å². The normalized spacial score (nSPS) is 11.7. The summed E-state index contributed by atoms with van der Waals surface area (Å²) in [6, 6.07) is 18.0. The summed E-state index contributed by atoms with van der Waals surface area (Å²) in [7, 11) is 0. The molecule has 0 unspecified atom stereocenters. The lowest BCUT2D eigenvalue weighted by Crippen LogP contribution is -2.21. The van der Waals surface area contributed by atoms with E-state index in [1.807, 2.05) is 47.0 Å². The minimum atomic E-state index is -0.0353. The van der Waals surface area contributed by atoms with Crippen molar-refractivity contribution >= 4 is 33.2 Å². The Morgan fingerprint density at radius 2 is 1.53 bits per heavy atom. The smallest absolute Gasteiger partial charge is 0.265 e. The fraction of sp³-hybridized carbons (Fsp3) is 0.308. The van der Waals surface area contributed by atoms with E-state index in [0.29, 0.717) is 35.3 Å². The lowest BCUT2D eigenvalue weighted by Gasteiger charge is -2.08. The molecular formula is C26H27N5O. The van der Waals surface area contributed by atoms with Crippen LogP contribution >= 0.6 is 0 Å². The van der Waals surface area contributed by atoms with E-state index in [9.17, 15) is 4.79 Å². The van der Waals surface area contributed by atoms with Crippen molar-refractivity contribution in [3.63, 3.8) is 0 Å². The monoisotopic (exact) mass is 425 g/mol. The molecule has 3 aromatic heterocycles. The van der Waals surface area contributed by atoms with Gasteiger partial charge in [0.1, 0.15) is 10.9 Å². The van der Waals surface area contributed by atoms with E-state index in [4.69, 9.17) is 15.0 Å². The van der Waals surface area contributed by atoms with Crippen molar-refractivity contribution in [2.24, 2.45) is 0 Å². The number of nitrogens with zero attached hydrogens (tertiary/aromatic N) is 5. The predicted octanol–water partition coefficient (Wildman–Crippen LogP) is 5.31. The number of hydrogen-bond donors (Lipinski definition) is 0. The lowest BCUT2D eigenvalue weighted by molar-refractivity contribution is 0.555. The van der Waals surface area contributed by atoms with Gasteiger partial charge in [-0.2, -0.15) is 0 Å². The van der Waals surface area contributed by atoms with Gasteiger partial charge in [-0.3, -0.25) is 9.36 Å². The highest BCUT2D eigenvalue weighted by Crippen LogP contribution is 2.26. The van der Waals surface area contributed by atoms with Gasteiger partial charge in [0.2, 0.25) is 0 Å². The molecule has 0 saturated heterocycles. The van der Waals surface area contributed by atoms with E-state index in [1.54, 1.807) is 10.9 Å². The Kier molecular flexibility index (Phi) is 5.67. The Balaban J connectivity index is 1.66. The Morgan fingerprint density at radius 1 is 0.812 bits per heavy atom. The van der Waals surface area contributed by atoms with Crippen molar-refractivity contribution in [3.8, 4) is 0 Å². The van der Waals surface area contributed by atoms with E-state index in [2.05, 4.69) is 19.1 Å². The summed E-state index contributed by atoms with van der Waals surface area (Å²) >= 11 is 0. The molecule has 0 aliphatic rings. The summed E-state index contributed by atoms with van der Waals surface area (Å²) in [4.78, 5) is 28.0. The molecule has 0 spiro atoms. The molecule has 0 amide bonds. The maximum atomic E-state index is 13.5. The van der Waals surface area contributed by atoms with E-state index in [-0.39, 0.29) is 5.56 Å². The molecule has 5 aromatic rings. The second kappa shape index (κ2) is 8.91. The van der Waals surface area contributed by atoms with Crippen LogP contribution in [-0.4, -0.2) is 24.1 Å². The molecule has 3 heterocycles. The Bertz CT molecular complexity index is 1440. The van der Waals surface area contributed by atoms with Crippen LogP contribution in [0.1, 0.15) is 44.6 Å². The molecule has 0 fully saturated rings. The van der Waals surface area contributed by atoms with Gasteiger partial charge in [-0.15, -0.1) is 0 Å². The zero-order valence-electron chi connectivity index (χ0n) is 18.4. The van der Waals surface area contributed by atoms with Gasteiger partial charge in [0.15, 0.2) is 11.3 Å². The first-order valence-electron chi connectivity index (χ1n) is 11.4. The highest BCUT2D eigenvalue weighted by molar-refractivity contribution is 6.04. The number of rotatable bonds is 8. The predicted molar refractivity (Wildman–Crippen MR) is 129 cm³/mol. The molecule has 0 radical (unpaired) electrons. The average Bonchev–Trinajstić information content (AvgIpc) is 3.12. The Hall–Kier alpha value is -3.54. The molecule has 0 aliphatic carbocycles. The van der Waals surface area contributed by atoms with Gasteiger partial charge >= 0.3 is 0 Å². The van der Waals surface area contributed by atoms with Crippen LogP contribution in [0.4, 0.5) is 0 Å². The van der Waals surface area contributed by atoms with Gasteiger partial charge in [-0.05, 0) is 24.1 Å². The van der Waals surface area contributed by atoms with Crippen LogP contribution in [0.25, 0.3) is 33.2 Å². The molecule has 5 rings (SSSR count). The largest absolute Gasteiger partial charge is 0.304 e. The molecule has 162 valence electrons. The Labute approximate surface area is 186 Å².